The number of nitrogens with zero attached hydrogens (tertiary/aromatic N) is 3. The number of halogens is 1. The van der Waals surface area contributed by atoms with Crippen LogP contribution in [0.4, 0.5) is 0 Å². The molecule has 1 aliphatic heterocycles. The van der Waals surface area contributed by atoms with Gasteiger partial charge in [0.15, 0.2) is 15.8 Å². The van der Waals surface area contributed by atoms with Crippen LogP contribution in [0.5, 0.6) is 5.88 Å². The van der Waals surface area contributed by atoms with Crippen molar-refractivity contribution in [2.24, 2.45) is 10.9 Å². The van der Waals surface area contributed by atoms with E-state index in [2.05, 4.69) is 10.3 Å². The highest BCUT2D eigenvalue weighted by Gasteiger charge is 2.40. The van der Waals surface area contributed by atoms with Gasteiger partial charge >= 0.3 is 0 Å². The first-order chi connectivity index (χ1) is 12.8. The Morgan fingerprint density at radius 1 is 1.39 bits per heavy atom. The number of nitrogens with one attached hydrogen (secondary N) is 1. The number of aromatic nitrogens is 1. The SMILES string of the molecule is CCNC(=NCc1ccc(OCC2CC2)nc1)N1CCS(=O)(=O)C(C)(C)C1.I. The predicted molar refractivity (Wildman–Crippen MR) is 122 cm³/mol. The summed E-state index contributed by atoms with van der Waals surface area (Å²) >= 11 is 0. The van der Waals surface area contributed by atoms with Gasteiger partial charge in [-0.1, -0.05) is 6.07 Å². The molecule has 2 heterocycles. The van der Waals surface area contributed by atoms with Gasteiger partial charge in [-0.25, -0.2) is 18.4 Å². The van der Waals surface area contributed by atoms with Gasteiger partial charge in [0.2, 0.25) is 5.88 Å². The molecule has 0 atom stereocenters. The molecule has 0 bridgehead atoms. The van der Waals surface area contributed by atoms with Crippen molar-refractivity contribution in [2.75, 3.05) is 32.0 Å². The molecule has 1 aromatic heterocycles. The number of rotatable bonds is 6. The van der Waals surface area contributed by atoms with Gasteiger partial charge in [-0.3, -0.25) is 0 Å². The molecule has 3 rings (SSSR count). The summed E-state index contributed by atoms with van der Waals surface area (Å²) in [5.41, 5.74) is 0.994. The Kier molecular flexibility index (Phi) is 7.95. The number of sulfone groups is 1. The van der Waals surface area contributed by atoms with E-state index in [0.29, 0.717) is 31.4 Å². The zero-order valence-electron chi connectivity index (χ0n) is 16.8. The number of pyridine rings is 1. The summed E-state index contributed by atoms with van der Waals surface area (Å²) in [5, 5.41) is 3.27. The van der Waals surface area contributed by atoms with Crippen LogP contribution in [-0.2, 0) is 16.4 Å². The summed E-state index contributed by atoms with van der Waals surface area (Å²) in [5.74, 6) is 2.26. The minimum absolute atomic E-state index is 0. The summed E-state index contributed by atoms with van der Waals surface area (Å²) in [6.07, 6.45) is 4.31. The molecule has 0 radical (unpaired) electrons. The van der Waals surface area contributed by atoms with Crippen LogP contribution in [0.2, 0.25) is 0 Å². The molecule has 2 aliphatic rings. The number of aliphatic imine (C=N–C) groups is 1. The highest BCUT2D eigenvalue weighted by Crippen LogP contribution is 2.29. The van der Waals surface area contributed by atoms with E-state index in [-0.39, 0.29) is 29.7 Å². The Morgan fingerprint density at radius 2 is 2.14 bits per heavy atom. The molecule has 0 unspecified atom stereocenters. The van der Waals surface area contributed by atoms with E-state index in [1.54, 1.807) is 20.0 Å². The topological polar surface area (TPSA) is 83.9 Å². The highest BCUT2D eigenvalue weighted by molar-refractivity contribution is 14.0. The zero-order chi connectivity index (χ0) is 19.5. The molecular formula is C19H31IN4O3S. The van der Waals surface area contributed by atoms with Gasteiger partial charge in [0.05, 0.1) is 23.7 Å². The van der Waals surface area contributed by atoms with Crippen molar-refractivity contribution in [1.29, 1.82) is 0 Å². The quantitative estimate of drug-likeness (QED) is 0.351. The molecule has 0 amide bonds. The fourth-order valence-electron chi connectivity index (χ4n) is 2.99. The maximum absolute atomic E-state index is 12.2. The lowest BCUT2D eigenvalue weighted by atomic mass is 10.2. The maximum atomic E-state index is 12.2. The monoisotopic (exact) mass is 522 g/mol. The van der Waals surface area contributed by atoms with E-state index in [4.69, 9.17) is 9.73 Å². The lowest BCUT2D eigenvalue weighted by molar-refractivity contribution is 0.288. The average Bonchev–Trinajstić information content (AvgIpc) is 3.45. The van der Waals surface area contributed by atoms with Crippen LogP contribution in [-0.4, -0.2) is 61.0 Å². The Balaban J connectivity index is 0.00000280. The Morgan fingerprint density at radius 3 is 2.71 bits per heavy atom. The average molecular weight is 522 g/mol. The largest absolute Gasteiger partial charge is 0.477 e. The van der Waals surface area contributed by atoms with Crippen molar-refractivity contribution in [3.05, 3.63) is 23.9 Å². The van der Waals surface area contributed by atoms with Gasteiger partial charge < -0.3 is 15.0 Å². The molecule has 1 saturated carbocycles. The molecule has 28 heavy (non-hydrogen) atoms. The molecule has 7 nitrogen and oxygen atoms in total. The fraction of sp³-hybridized carbons (Fsp3) is 0.684. The Labute approximate surface area is 185 Å². The summed E-state index contributed by atoms with van der Waals surface area (Å²) in [6, 6.07) is 3.86. The fourth-order valence-corrected chi connectivity index (χ4v) is 4.36. The first kappa shape index (κ1) is 23.2. The lowest BCUT2D eigenvalue weighted by Gasteiger charge is -2.39. The van der Waals surface area contributed by atoms with Crippen LogP contribution in [0.25, 0.3) is 0 Å². The summed E-state index contributed by atoms with van der Waals surface area (Å²) in [4.78, 5) is 11.1. The molecule has 1 aliphatic carbocycles. The summed E-state index contributed by atoms with van der Waals surface area (Å²) < 4.78 is 29.4. The lowest BCUT2D eigenvalue weighted by Crippen LogP contribution is -2.57. The van der Waals surface area contributed by atoms with E-state index in [1.807, 2.05) is 24.0 Å². The third-order valence-electron chi connectivity index (χ3n) is 5.05. The van der Waals surface area contributed by atoms with Gasteiger partial charge in [0.25, 0.3) is 0 Å². The smallest absolute Gasteiger partial charge is 0.213 e. The Hall–Kier alpha value is -1.10. The molecule has 1 aromatic rings. The second kappa shape index (κ2) is 9.60. The molecule has 1 N–H and O–H groups in total. The van der Waals surface area contributed by atoms with Gasteiger partial charge in [0, 0.05) is 31.9 Å². The van der Waals surface area contributed by atoms with Crippen molar-refractivity contribution >= 4 is 39.8 Å². The van der Waals surface area contributed by atoms with Crippen LogP contribution >= 0.6 is 24.0 Å². The second-order valence-electron chi connectivity index (χ2n) is 7.93. The molecule has 1 saturated heterocycles. The van der Waals surface area contributed by atoms with Crippen molar-refractivity contribution in [3.8, 4) is 5.88 Å². The van der Waals surface area contributed by atoms with Gasteiger partial charge in [-0.05, 0) is 45.1 Å². The van der Waals surface area contributed by atoms with E-state index < -0.39 is 14.6 Å². The first-order valence-corrected chi connectivity index (χ1v) is 11.3. The number of guanidine groups is 1. The first-order valence-electron chi connectivity index (χ1n) is 9.64. The van der Waals surface area contributed by atoms with Crippen LogP contribution in [0.1, 0.15) is 39.2 Å². The number of hydrogen-bond acceptors (Lipinski definition) is 5. The summed E-state index contributed by atoms with van der Waals surface area (Å²) in [6.45, 7) is 8.44. The number of hydrogen-bond donors (Lipinski definition) is 1. The van der Waals surface area contributed by atoms with Crippen molar-refractivity contribution in [2.45, 2.75) is 44.9 Å². The van der Waals surface area contributed by atoms with Gasteiger partial charge in [-0.2, -0.15) is 0 Å². The van der Waals surface area contributed by atoms with Crippen molar-refractivity contribution in [1.82, 2.24) is 15.2 Å². The molecule has 158 valence electrons. The third-order valence-corrected chi connectivity index (χ3v) is 7.58. The van der Waals surface area contributed by atoms with Crippen molar-refractivity contribution in [3.63, 3.8) is 0 Å². The molecular weight excluding hydrogens is 491 g/mol. The molecule has 9 heteroatoms. The normalized spacial score (nSPS) is 21.0. The minimum atomic E-state index is -3.07. The molecule has 0 spiro atoms. The predicted octanol–water partition coefficient (Wildman–Crippen LogP) is 2.46. The molecule has 0 aromatic carbocycles. The maximum Gasteiger partial charge on any atom is 0.213 e. The van der Waals surface area contributed by atoms with Crippen LogP contribution < -0.4 is 10.1 Å². The third kappa shape index (κ3) is 5.95. The minimum Gasteiger partial charge on any atom is -0.477 e. The van der Waals surface area contributed by atoms with E-state index in [1.165, 1.54) is 12.8 Å². The molecule has 2 fully saturated rings. The van der Waals surface area contributed by atoms with E-state index in [9.17, 15) is 8.42 Å². The van der Waals surface area contributed by atoms with Gasteiger partial charge in [-0.15, -0.1) is 24.0 Å². The Bertz CT molecular complexity index is 777. The zero-order valence-corrected chi connectivity index (χ0v) is 20.0. The van der Waals surface area contributed by atoms with Crippen LogP contribution in [0, 0.1) is 5.92 Å². The van der Waals surface area contributed by atoms with E-state index in [0.717, 1.165) is 24.7 Å². The van der Waals surface area contributed by atoms with Crippen molar-refractivity contribution < 1.29 is 13.2 Å². The number of ether oxygens (including phenoxy) is 1. The summed E-state index contributed by atoms with van der Waals surface area (Å²) in [7, 11) is -3.07. The van der Waals surface area contributed by atoms with Crippen LogP contribution in [0.3, 0.4) is 0 Å². The second-order valence-corrected chi connectivity index (χ2v) is 10.7. The van der Waals surface area contributed by atoms with Crippen LogP contribution in [0.15, 0.2) is 23.3 Å². The van der Waals surface area contributed by atoms with E-state index >= 15 is 0 Å². The highest BCUT2D eigenvalue weighted by atomic mass is 127. The standard InChI is InChI=1S/C19H30N4O3S.HI/c1-4-20-18(23-9-10-27(24,25)19(2,3)14-23)22-12-16-7-8-17(21-11-16)26-13-15-5-6-15;/h7-8,11,15H,4-6,9-10,12-14H2,1-3H3,(H,20,22);1H. The van der Waals surface area contributed by atoms with Gasteiger partial charge in [0.1, 0.15) is 0 Å².